The number of rotatable bonds is 4. The molecule has 1 aliphatic heterocycles. The summed E-state index contributed by atoms with van der Waals surface area (Å²) in [7, 11) is 1.84. The van der Waals surface area contributed by atoms with Crippen LogP contribution in [-0.4, -0.2) is 59.2 Å². The smallest absolute Gasteiger partial charge is 0.194 e. The fraction of sp³-hybridized carbons (Fsp3) is 0.444. The average Bonchev–Trinajstić information content (AvgIpc) is 3.16. The van der Waals surface area contributed by atoms with Crippen molar-refractivity contribution in [3.63, 3.8) is 0 Å². The van der Waals surface area contributed by atoms with Gasteiger partial charge >= 0.3 is 0 Å². The van der Waals surface area contributed by atoms with Gasteiger partial charge in [0.15, 0.2) is 5.96 Å². The van der Waals surface area contributed by atoms with Crippen LogP contribution in [-0.2, 0) is 6.54 Å². The fourth-order valence-electron chi connectivity index (χ4n) is 3.16. The zero-order valence-electron chi connectivity index (χ0n) is 15.2. The molecular weight excluding hydrogens is 507 g/mol. The number of halogens is 2. The maximum Gasteiger partial charge on any atom is 0.194 e. The summed E-state index contributed by atoms with van der Waals surface area (Å²) in [6.45, 7) is 7.00. The first-order chi connectivity index (χ1) is 12.2. The van der Waals surface area contributed by atoms with E-state index in [0.29, 0.717) is 12.6 Å². The maximum absolute atomic E-state index is 4.42. The van der Waals surface area contributed by atoms with Crippen molar-refractivity contribution in [2.75, 3.05) is 33.2 Å². The highest BCUT2D eigenvalue weighted by molar-refractivity contribution is 14.0. The lowest BCUT2D eigenvalue weighted by Gasteiger charge is -2.39. The minimum atomic E-state index is 0. The van der Waals surface area contributed by atoms with Gasteiger partial charge in [-0.25, -0.2) is 0 Å². The lowest BCUT2D eigenvalue weighted by Crippen LogP contribution is -2.52. The summed E-state index contributed by atoms with van der Waals surface area (Å²) >= 11 is 3.50. The molecule has 0 saturated carbocycles. The molecule has 26 heavy (non-hydrogen) atoms. The van der Waals surface area contributed by atoms with Gasteiger partial charge in [-0.2, -0.15) is 5.10 Å². The van der Waals surface area contributed by atoms with E-state index in [1.165, 1.54) is 5.56 Å². The largest absolute Gasteiger partial charge is 0.351 e. The zero-order valence-corrected chi connectivity index (χ0v) is 19.1. The second kappa shape index (κ2) is 10.3. The minimum absolute atomic E-state index is 0. The van der Waals surface area contributed by atoms with E-state index in [1.807, 2.05) is 13.1 Å². The highest BCUT2D eigenvalue weighted by Crippen LogP contribution is 2.23. The number of hydrogen-bond acceptors (Lipinski definition) is 3. The third-order valence-electron chi connectivity index (χ3n) is 4.72. The Morgan fingerprint density at radius 1 is 1.23 bits per heavy atom. The van der Waals surface area contributed by atoms with Gasteiger partial charge in [-0.1, -0.05) is 28.1 Å². The van der Waals surface area contributed by atoms with Crippen LogP contribution in [0.2, 0.25) is 0 Å². The summed E-state index contributed by atoms with van der Waals surface area (Å²) in [6, 6.07) is 11.0. The van der Waals surface area contributed by atoms with Crippen LogP contribution in [0.15, 0.2) is 46.0 Å². The number of hydrogen-bond donors (Lipinski definition) is 2. The summed E-state index contributed by atoms with van der Waals surface area (Å²) in [5.74, 6) is 0.950. The zero-order chi connectivity index (χ0) is 17.6. The monoisotopic (exact) mass is 532 g/mol. The van der Waals surface area contributed by atoms with Crippen molar-refractivity contribution in [2.24, 2.45) is 4.99 Å². The van der Waals surface area contributed by atoms with Gasteiger partial charge in [-0.15, -0.1) is 24.0 Å². The molecule has 0 radical (unpaired) electrons. The summed E-state index contributed by atoms with van der Waals surface area (Å²) in [5.41, 5.74) is 2.42. The Labute approximate surface area is 180 Å². The molecule has 1 saturated heterocycles. The molecule has 2 heterocycles. The van der Waals surface area contributed by atoms with Crippen LogP contribution in [0, 0.1) is 0 Å². The van der Waals surface area contributed by atoms with Crippen LogP contribution < -0.4 is 5.32 Å². The number of aromatic nitrogens is 2. The molecular formula is C18H26BrIN6. The molecule has 142 valence electrons. The molecule has 1 unspecified atom stereocenters. The SMILES string of the molecule is CN=C(NCc1ccn[nH]1)N1CCN(C(C)c2ccc(Br)cc2)CC1.I. The van der Waals surface area contributed by atoms with E-state index in [2.05, 4.69) is 77.4 Å². The highest BCUT2D eigenvalue weighted by atomic mass is 127. The molecule has 3 rings (SSSR count). The van der Waals surface area contributed by atoms with Crippen molar-refractivity contribution in [1.29, 1.82) is 0 Å². The predicted octanol–water partition coefficient (Wildman–Crippen LogP) is 3.24. The van der Waals surface area contributed by atoms with Gasteiger partial charge in [0.05, 0.1) is 12.2 Å². The Morgan fingerprint density at radius 2 is 1.92 bits per heavy atom. The Bertz CT molecular complexity index is 680. The van der Waals surface area contributed by atoms with Crippen LogP contribution in [0.1, 0.15) is 24.2 Å². The van der Waals surface area contributed by atoms with E-state index in [9.17, 15) is 0 Å². The van der Waals surface area contributed by atoms with E-state index in [1.54, 1.807) is 6.20 Å². The quantitative estimate of drug-likeness (QED) is 0.360. The Morgan fingerprint density at radius 3 is 2.50 bits per heavy atom. The summed E-state index contributed by atoms with van der Waals surface area (Å²) in [4.78, 5) is 9.27. The minimum Gasteiger partial charge on any atom is -0.351 e. The molecule has 0 bridgehead atoms. The average molecular weight is 533 g/mol. The number of nitrogens with one attached hydrogen (secondary N) is 2. The molecule has 1 aromatic carbocycles. The van der Waals surface area contributed by atoms with Crippen LogP contribution in [0.4, 0.5) is 0 Å². The molecule has 1 fully saturated rings. The maximum atomic E-state index is 4.42. The number of H-pyrrole nitrogens is 1. The first kappa shape index (κ1) is 21.2. The molecule has 2 N–H and O–H groups in total. The lowest BCUT2D eigenvalue weighted by molar-refractivity contribution is 0.138. The molecule has 1 aliphatic rings. The molecule has 1 atom stereocenters. The van der Waals surface area contributed by atoms with Crippen LogP contribution in [0.25, 0.3) is 0 Å². The van der Waals surface area contributed by atoms with Gasteiger partial charge in [0.25, 0.3) is 0 Å². The summed E-state index contributed by atoms with van der Waals surface area (Å²) in [5, 5.41) is 10.3. The highest BCUT2D eigenvalue weighted by Gasteiger charge is 2.23. The van der Waals surface area contributed by atoms with E-state index < -0.39 is 0 Å². The summed E-state index contributed by atoms with van der Waals surface area (Å²) < 4.78 is 1.13. The number of aliphatic imine (C=N–C) groups is 1. The second-order valence-corrected chi connectivity index (χ2v) is 7.15. The van der Waals surface area contributed by atoms with Crippen molar-refractivity contribution in [3.8, 4) is 0 Å². The molecule has 6 nitrogen and oxygen atoms in total. The lowest BCUT2D eigenvalue weighted by atomic mass is 10.1. The number of benzene rings is 1. The van der Waals surface area contributed by atoms with Gasteiger partial charge in [0.2, 0.25) is 0 Å². The molecule has 0 amide bonds. The summed E-state index contributed by atoms with van der Waals surface area (Å²) in [6.07, 6.45) is 1.77. The van der Waals surface area contributed by atoms with Gasteiger partial charge < -0.3 is 10.2 Å². The van der Waals surface area contributed by atoms with Crippen LogP contribution in [0.5, 0.6) is 0 Å². The third kappa shape index (κ3) is 5.43. The molecule has 8 heteroatoms. The predicted molar refractivity (Wildman–Crippen MR) is 120 cm³/mol. The first-order valence-corrected chi connectivity index (χ1v) is 9.40. The van der Waals surface area contributed by atoms with E-state index in [-0.39, 0.29) is 24.0 Å². The van der Waals surface area contributed by atoms with Crippen molar-refractivity contribution in [1.82, 2.24) is 25.3 Å². The number of aromatic amines is 1. The van der Waals surface area contributed by atoms with Gasteiger partial charge in [0.1, 0.15) is 0 Å². The molecule has 0 aliphatic carbocycles. The van der Waals surface area contributed by atoms with Crippen molar-refractivity contribution in [3.05, 3.63) is 52.3 Å². The third-order valence-corrected chi connectivity index (χ3v) is 5.25. The molecule has 0 spiro atoms. The van der Waals surface area contributed by atoms with E-state index >= 15 is 0 Å². The number of piperazine rings is 1. The Hall–Kier alpha value is -1.13. The Kier molecular flexibility index (Phi) is 8.36. The van der Waals surface area contributed by atoms with E-state index in [0.717, 1.165) is 42.3 Å². The Balaban J connectivity index is 0.00000243. The van der Waals surface area contributed by atoms with Crippen molar-refractivity contribution in [2.45, 2.75) is 19.5 Å². The normalized spacial score (nSPS) is 16.9. The van der Waals surface area contributed by atoms with Crippen LogP contribution in [0.3, 0.4) is 0 Å². The second-order valence-electron chi connectivity index (χ2n) is 6.23. The topological polar surface area (TPSA) is 59.6 Å². The first-order valence-electron chi connectivity index (χ1n) is 8.60. The standard InChI is InChI=1S/C18H25BrN6.HI/c1-14(15-3-5-16(19)6-4-15)24-9-11-25(12-10-24)18(20-2)21-13-17-7-8-22-23-17;/h3-8,14H,9-13H2,1-2H3,(H,20,21)(H,22,23);1H. The van der Waals surface area contributed by atoms with Crippen LogP contribution >= 0.6 is 39.9 Å². The van der Waals surface area contributed by atoms with Gasteiger partial charge in [-0.3, -0.25) is 15.0 Å². The molecule has 2 aromatic rings. The molecule has 1 aromatic heterocycles. The van der Waals surface area contributed by atoms with Gasteiger partial charge in [0, 0.05) is 49.9 Å². The van der Waals surface area contributed by atoms with Crippen molar-refractivity contribution >= 4 is 45.9 Å². The number of guanidine groups is 1. The van der Waals surface area contributed by atoms with Crippen molar-refractivity contribution < 1.29 is 0 Å². The van der Waals surface area contributed by atoms with Gasteiger partial charge in [-0.05, 0) is 30.7 Å². The van der Waals surface area contributed by atoms with E-state index in [4.69, 9.17) is 0 Å². The number of nitrogens with zero attached hydrogens (tertiary/aromatic N) is 4. The fourth-order valence-corrected chi connectivity index (χ4v) is 3.43.